The first-order valence-electron chi connectivity index (χ1n) is 7.77. The van der Waals surface area contributed by atoms with Crippen molar-refractivity contribution < 1.29 is 23.8 Å². The lowest BCUT2D eigenvalue weighted by Crippen LogP contribution is -2.35. The molecule has 0 bridgehead atoms. The average molecular weight is 339 g/mol. The summed E-state index contributed by atoms with van der Waals surface area (Å²) in [5, 5.41) is 14.3. The Morgan fingerprint density at radius 3 is 2.56 bits per heavy atom. The van der Waals surface area contributed by atoms with Crippen LogP contribution in [-0.2, 0) is 16.1 Å². The Labute approximate surface area is 144 Å². The molecule has 0 saturated carbocycles. The Morgan fingerprint density at radius 2 is 1.88 bits per heavy atom. The van der Waals surface area contributed by atoms with Crippen LogP contribution in [0.2, 0.25) is 0 Å². The molecule has 6 nitrogen and oxygen atoms in total. The van der Waals surface area contributed by atoms with E-state index in [9.17, 15) is 14.7 Å². The van der Waals surface area contributed by atoms with E-state index in [0.29, 0.717) is 5.76 Å². The SMILES string of the molecule is C[C@H](OC(=O)c1cc2ccccc2cc1O)C(=O)NCc1ccco1. The predicted molar refractivity (Wildman–Crippen MR) is 91.0 cm³/mol. The normalized spacial score (nSPS) is 11.9. The van der Waals surface area contributed by atoms with E-state index in [0.717, 1.165) is 10.8 Å². The van der Waals surface area contributed by atoms with Crippen LogP contribution in [0, 0.1) is 0 Å². The molecule has 128 valence electrons. The van der Waals surface area contributed by atoms with Gasteiger partial charge in [0.1, 0.15) is 17.1 Å². The number of esters is 1. The minimum absolute atomic E-state index is 0.0179. The smallest absolute Gasteiger partial charge is 0.342 e. The molecular formula is C19H17NO5. The first-order valence-corrected chi connectivity index (χ1v) is 7.77. The first kappa shape index (κ1) is 16.6. The van der Waals surface area contributed by atoms with Gasteiger partial charge in [0.2, 0.25) is 0 Å². The third-order valence-corrected chi connectivity index (χ3v) is 3.75. The average Bonchev–Trinajstić information content (AvgIpc) is 3.12. The summed E-state index contributed by atoms with van der Waals surface area (Å²) in [5.41, 5.74) is 0.0179. The Morgan fingerprint density at radius 1 is 1.16 bits per heavy atom. The third kappa shape index (κ3) is 3.80. The number of ether oxygens (including phenoxy) is 1. The minimum Gasteiger partial charge on any atom is -0.507 e. The topological polar surface area (TPSA) is 88.8 Å². The Kier molecular flexibility index (Phi) is 4.70. The van der Waals surface area contributed by atoms with Crippen molar-refractivity contribution in [3.8, 4) is 5.75 Å². The number of fused-ring (bicyclic) bond motifs is 1. The first-order chi connectivity index (χ1) is 12.0. The molecular weight excluding hydrogens is 322 g/mol. The summed E-state index contributed by atoms with van der Waals surface area (Å²) in [6, 6.07) is 13.8. The molecule has 6 heteroatoms. The molecule has 3 aromatic rings. The van der Waals surface area contributed by atoms with Crippen molar-refractivity contribution in [2.45, 2.75) is 19.6 Å². The molecule has 0 radical (unpaired) electrons. The second-order valence-corrected chi connectivity index (χ2v) is 5.56. The van der Waals surface area contributed by atoms with Crippen LogP contribution in [0.15, 0.2) is 59.2 Å². The maximum Gasteiger partial charge on any atom is 0.342 e. The number of rotatable bonds is 5. The van der Waals surface area contributed by atoms with Crippen molar-refractivity contribution in [1.29, 1.82) is 0 Å². The number of aromatic hydroxyl groups is 1. The van der Waals surface area contributed by atoms with Gasteiger partial charge in [0.15, 0.2) is 6.10 Å². The fraction of sp³-hybridized carbons (Fsp3) is 0.158. The van der Waals surface area contributed by atoms with E-state index in [1.807, 2.05) is 24.3 Å². The molecule has 1 heterocycles. The Balaban J connectivity index is 1.66. The molecule has 0 aliphatic carbocycles. The Bertz CT molecular complexity index is 901. The molecule has 1 aromatic heterocycles. The van der Waals surface area contributed by atoms with Gasteiger partial charge in [-0.2, -0.15) is 0 Å². The molecule has 0 aliphatic rings. The Hall–Kier alpha value is -3.28. The lowest BCUT2D eigenvalue weighted by atomic mass is 10.1. The zero-order valence-electron chi connectivity index (χ0n) is 13.6. The number of phenolic OH excluding ortho intramolecular Hbond substituents is 1. The number of hydrogen-bond donors (Lipinski definition) is 2. The fourth-order valence-electron chi connectivity index (χ4n) is 2.40. The van der Waals surface area contributed by atoms with E-state index in [1.54, 1.807) is 18.2 Å². The van der Waals surface area contributed by atoms with Gasteiger partial charge < -0.3 is 19.6 Å². The molecule has 0 spiro atoms. The summed E-state index contributed by atoms with van der Waals surface area (Å²) in [5.74, 6) is -0.806. The van der Waals surface area contributed by atoms with Crippen LogP contribution in [0.25, 0.3) is 10.8 Å². The number of carbonyl (C=O) groups excluding carboxylic acids is 2. The van der Waals surface area contributed by atoms with E-state index in [-0.39, 0.29) is 17.9 Å². The monoisotopic (exact) mass is 339 g/mol. The van der Waals surface area contributed by atoms with Crippen LogP contribution >= 0.6 is 0 Å². The van der Waals surface area contributed by atoms with E-state index >= 15 is 0 Å². The van der Waals surface area contributed by atoms with Gasteiger partial charge in [-0.1, -0.05) is 24.3 Å². The molecule has 3 rings (SSSR count). The molecule has 0 saturated heterocycles. The van der Waals surface area contributed by atoms with Crippen LogP contribution in [0.1, 0.15) is 23.0 Å². The van der Waals surface area contributed by atoms with Gasteiger partial charge in [0.25, 0.3) is 5.91 Å². The van der Waals surface area contributed by atoms with E-state index in [1.165, 1.54) is 19.3 Å². The molecule has 0 aliphatic heterocycles. The number of carbonyl (C=O) groups is 2. The summed E-state index contributed by atoms with van der Waals surface area (Å²) >= 11 is 0. The standard InChI is InChI=1S/C19H17NO5/c1-12(18(22)20-11-15-7-4-8-24-15)25-19(23)16-9-13-5-2-3-6-14(13)10-17(16)21/h2-10,12,21H,11H2,1H3,(H,20,22)/t12-/m0/s1. The van der Waals surface area contributed by atoms with E-state index in [4.69, 9.17) is 9.15 Å². The highest BCUT2D eigenvalue weighted by atomic mass is 16.5. The number of benzene rings is 2. The maximum absolute atomic E-state index is 12.3. The van der Waals surface area contributed by atoms with Gasteiger partial charge in [-0.15, -0.1) is 0 Å². The molecule has 1 amide bonds. The van der Waals surface area contributed by atoms with Crippen LogP contribution in [0.4, 0.5) is 0 Å². The maximum atomic E-state index is 12.3. The van der Waals surface area contributed by atoms with Gasteiger partial charge in [0, 0.05) is 0 Å². The van der Waals surface area contributed by atoms with Crippen molar-refractivity contribution in [2.75, 3.05) is 0 Å². The summed E-state index contributed by atoms with van der Waals surface area (Å²) in [6.45, 7) is 1.67. The number of furan rings is 1. The third-order valence-electron chi connectivity index (χ3n) is 3.75. The van der Waals surface area contributed by atoms with Crippen molar-refractivity contribution in [2.24, 2.45) is 0 Å². The molecule has 2 aromatic carbocycles. The lowest BCUT2D eigenvalue weighted by molar-refractivity contribution is -0.129. The number of hydrogen-bond acceptors (Lipinski definition) is 5. The molecule has 0 unspecified atom stereocenters. The lowest BCUT2D eigenvalue weighted by Gasteiger charge is -2.14. The van der Waals surface area contributed by atoms with Crippen LogP contribution in [0.3, 0.4) is 0 Å². The van der Waals surface area contributed by atoms with Gasteiger partial charge in [-0.25, -0.2) is 4.79 Å². The van der Waals surface area contributed by atoms with Crippen molar-refractivity contribution in [3.05, 3.63) is 66.1 Å². The van der Waals surface area contributed by atoms with Gasteiger partial charge in [0.05, 0.1) is 12.8 Å². The highest BCUT2D eigenvalue weighted by Crippen LogP contribution is 2.25. The van der Waals surface area contributed by atoms with E-state index < -0.39 is 18.0 Å². The molecule has 25 heavy (non-hydrogen) atoms. The predicted octanol–water partition coefficient (Wildman–Crippen LogP) is 3.00. The summed E-state index contributed by atoms with van der Waals surface area (Å²) in [4.78, 5) is 24.3. The largest absolute Gasteiger partial charge is 0.507 e. The van der Waals surface area contributed by atoms with Gasteiger partial charge >= 0.3 is 5.97 Å². The zero-order valence-corrected chi connectivity index (χ0v) is 13.6. The van der Waals surface area contributed by atoms with Crippen LogP contribution in [-0.4, -0.2) is 23.1 Å². The highest BCUT2D eigenvalue weighted by molar-refractivity contribution is 5.99. The van der Waals surface area contributed by atoms with Crippen molar-refractivity contribution >= 4 is 22.6 Å². The van der Waals surface area contributed by atoms with Gasteiger partial charge in [-0.05, 0) is 42.0 Å². The number of nitrogens with one attached hydrogen (secondary N) is 1. The minimum atomic E-state index is -1.01. The van der Waals surface area contributed by atoms with E-state index in [2.05, 4.69) is 5.32 Å². The fourth-order valence-corrected chi connectivity index (χ4v) is 2.40. The zero-order chi connectivity index (χ0) is 17.8. The van der Waals surface area contributed by atoms with Crippen molar-refractivity contribution in [1.82, 2.24) is 5.32 Å². The van der Waals surface area contributed by atoms with Crippen molar-refractivity contribution in [3.63, 3.8) is 0 Å². The molecule has 2 N–H and O–H groups in total. The van der Waals surface area contributed by atoms with Crippen LogP contribution in [0.5, 0.6) is 5.75 Å². The second kappa shape index (κ2) is 7.09. The second-order valence-electron chi connectivity index (χ2n) is 5.56. The van der Waals surface area contributed by atoms with Gasteiger partial charge in [-0.3, -0.25) is 4.79 Å². The van der Waals surface area contributed by atoms with Crippen LogP contribution < -0.4 is 5.32 Å². The number of amides is 1. The molecule has 0 fully saturated rings. The summed E-state index contributed by atoms with van der Waals surface area (Å²) < 4.78 is 10.3. The quantitative estimate of drug-likeness (QED) is 0.698. The molecule has 1 atom stereocenters. The number of phenols is 1. The summed E-state index contributed by atoms with van der Waals surface area (Å²) in [6.07, 6.45) is 0.501. The highest BCUT2D eigenvalue weighted by Gasteiger charge is 2.21. The summed E-state index contributed by atoms with van der Waals surface area (Å²) in [7, 11) is 0.